The Morgan fingerprint density at radius 3 is 2.88 bits per heavy atom. The summed E-state index contributed by atoms with van der Waals surface area (Å²) in [6, 6.07) is 6.38. The fourth-order valence-electron chi connectivity index (χ4n) is 2.73. The highest BCUT2D eigenvalue weighted by molar-refractivity contribution is 8.15. The van der Waals surface area contributed by atoms with Gasteiger partial charge in [-0.05, 0) is 30.9 Å². The Kier molecular flexibility index (Phi) is 2.47. The van der Waals surface area contributed by atoms with E-state index in [2.05, 4.69) is 30.4 Å². The van der Waals surface area contributed by atoms with Gasteiger partial charge in [0, 0.05) is 5.92 Å². The second-order valence-electron chi connectivity index (χ2n) is 4.66. The average molecular weight is 247 g/mol. The minimum absolute atomic E-state index is 0.126. The first-order valence-electron chi connectivity index (χ1n) is 5.76. The molecule has 1 N–H and O–H groups in total. The Labute approximate surface area is 104 Å². The highest BCUT2D eigenvalue weighted by Gasteiger charge is 2.41. The van der Waals surface area contributed by atoms with Crippen LogP contribution in [0, 0.1) is 6.92 Å². The fourth-order valence-corrected chi connectivity index (χ4v) is 3.73. The molecule has 0 radical (unpaired) electrons. The Morgan fingerprint density at radius 2 is 2.18 bits per heavy atom. The van der Waals surface area contributed by atoms with Crippen LogP contribution in [-0.4, -0.2) is 16.4 Å². The number of hydrogen-bond acceptors (Lipinski definition) is 3. The van der Waals surface area contributed by atoms with Crippen molar-refractivity contribution in [3.8, 4) is 0 Å². The summed E-state index contributed by atoms with van der Waals surface area (Å²) in [5.74, 6) is 0.0699. The number of hydrogen-bond donors (Lipinski definition) is 1. The maximum absolute atomic E-state index is 11.7. The van der Waals surface area contributed by atoms with Crippen molar-refractivity contribution in [2.45, 2.75) is 30.9 Å². The topological polar surface area (TPSA) is 46.2 Å². The molecule has 1 aliphatic heterocycles. The van der Waals surface area contributed by atoms with Gasteiger partial charge in [-0.1, -0.05) is 35.5 Å². The van der Waals surface area contributed by atoms with Gasteiger partial charge in [-0.2, -0.15) is 0 Å². The van der Waals surface area contributed by atoms with E-state index in [1.165, 1.54) is 16.7 Å². The van der Waals surface area contributed by atoms with Crippen molar-refractivity contribution in [1.29, 1.82) is 0 Å². The molecule has 2 atom stereocenters. The molecule has 3 rings (SSSR count). The lowest BCUT2D eigenvalue weighted by molar-refractivity contribution is -0.119. The van der Waals surface area contributed by atoms with E-state index in [1.54, 1.807) is 0 Å². The van der Waals surface area contributed by atoms with Crippen LogP contribution in [0.4, 0.5) is 4.79 Å². The molecule has 1 saturated heterocycles. The molecule has 1 unspecified atom stereocenters. The van der Waals surface area contributed by atoms with E-state index in [9.17, 15) is 9.59 Å². The molecule has 1 fully saturated rings. The number of thioether (sulfide) groups is 1. The molecule has 3 nitrogen and oxygen atoms in total. The van der Waals surface area contributed by atoms with Gasteiger partial charge in [0.05, 0.1) is 0 Å². The molecule has 2 amide bonds. The number of nitrogens with one attached hydrogen (secondary N) is 1. The van der Waals surface area contributed by atoms with Crippen LogP contribution in [0.15, 0.2) is 18.2 Å². The minimum Gasteiger partial charge on any atom is -0.286 e. The van der Waals surface area contributed by atoms with E-state index in [-0.39, 0.29) is 22.3 Å². The Hall–Kier alpha value is -1.29. The molecule has 17 heavy (non-hydrogen) atoms. The molecule has 0 aromatic heterocycles. The van der Waals surface area contributed by atoms with Gasteiger partial charge < -0.3 is 0 Å². The normalized spacial score (nSPS) is 27.1. The Bertz CT molecular complexity index is 512. The summed E-state index contributed by atoms with van der Waals surface area (Å²) in [6.07, 6.45) is 1.98. The summed E-state index contributed by atoms with van der Waals surface area (Å²) in [5, 5.41) is 1.93. The molecule has 0 spiro atoms. The lowest BCUT2D eigenvalue weighted by Crippen LogP contribution is -2.27. The van der Waals surface area contributed by atoms with Crippen LogP contribution < -0.4 is 5.32 Å². The van der Waals surface area contributed by atoms with Crippen LogP contribution in [0.3, 0.4) is 0 Å². The van der Waals surface area contributed by atoms with Crippen molar-refractivity contribution in [3.05, 3.63) is 34.9 Å². The maximum Gasteiger partial charge on any atom is 0.286 e. The quantitative estimate of drug-likeness (QED) is 0.828. The third-order valence-electron chi connectivity index (χ3n) is 3.51. The minimum atomic E-state index is -0.230. The molecular formula is C13H13NO2S. The van der Waals surface area contributed by atoms with Crippen LogP contribution in [0.1, 0.15) is 29.0 Å². The highest BCUT2D eigenvalue weighted by atomic mass is 32.2. The predicted molar refractivity (Wildman–Crippen MR) is 67.2 cm³/mol. The lowest BCUT2D eigenvalue weighted by Gasteiger charge is -2.15. The van der Waals surface area contributed by atoms with Gasteiger partial charge in [0.2, 0.25) is 5.91 Å². The van der Waals surface area contributed by atoms with Gasteiger partial charge in [0.15, 0.2) is 0 Å². The predicted octanol–water partition coefficient (Wildman–Crippen LogP) is 2.38. The Balaban J connectivity index is 1.93. The van der Waals surface area contributed by atoms with E-state index >= 15 is 0 Å². The standard InChI is InChI=1S/C13H13NO2S/c1-7-2-4-9-8(6-7)3-5-10(9)11-12(15)14-13(16)17-11/h2,4,6,10-11H,3,5H2,1H3,(H,14,15,16)/t10-,11?/m1/s1. The summed E-state index contributed by atoms with van der Waals surface area (Å²) >= 11 is 1.14. The second-order valence-corrected chi connectivity index (χ2v) is 5.78. The molecule has 2 aliphatic rings. The molecule has 0 bridgehead atoms. The van der Waals surface area contributed by atoms with E-state index in [0.29, 0.717) is 0 Å². The first-order chi connectivity index (χ1) is 8.15. The maximum atomic E-state index is 11.7. The van der Waals surface area contributed by atoms with Gasteiger partial charge >= 0.3 is 0 Å². The summed E-state index contributed by atoms with van der Waals surface area (Å²) in [5.41, 5.74) is 3.84. The molecule has 0 saturated carbocycles. The summed E-state index contributed by atoms with van der Waals surface area (Å²) in [7, 11) is 0. The first-order valence-corrected chi connectivity index (χ1v) is 6.64. The van der Waals surface area contributed by atoms with Crippen molar-refractivity contribution >= 4 is 22.9 Å². The molecule has 4 heteroatoms. The molecule has 1 heterocycles. The summed E-state index contributed by atoms with van der Waals surface area (Å²) < 4.78 is 0. The number of carbonyl (C=O) groups is 2. The van der Waals surface area contributed by atoms with Crippen molar-refractivity contribution in [2.24, 2.45) is 0 Å². The van der Waals surface area contributed by atoms with Crippen molar-refractivity contribution in [3.63, 3.8) is 0 Å². The molecule has 88 valence electrons. The van der Waals surface area contributed by atoms with Crippen LogP contribution in [0.2, 0.25) is 0 Å². The largest absolute Gasteiger partial charge is 0.286 e. The monoisotopic (exact) mass is 247 g/mol. The SMILES string of the molecule is Cc1ccc2c(c1)CC[C@H]2C1SC(=O)NC1=O. The van der Waals surface area contributed by atoms with E-state index < -0.39 is 0 Å². The molecule has 1 aromatic carbocycles. The average Bonchev–Trinajstić information content (AvgIpc) is 2.81. The third-order valence-corrected chi connectivity index (χ3v) is 4.62. The van der Waals surface area contributed by atoms with Crippen LogP contribution in [0.25, 0.3) is 0 Å². The van der Waals surface area contributed by atoms with Crippen molar-refractivity contribution in [2.75, 3.05) is 0 Å². The Morgan fingerprint density at radius 1 is 1.35 bits per heavy atom. The zero-order valence-corrected chi connectivity index (χ0v) is 10.3. The van der Waals surface area contributed by atoms with E-state index in [1.807, 2.05) is 0 Å². The molecule has 1 aromatic rings. The zero-order valence-electron chi connectivity index (χ0n) is 9.53. The van der Waals surface area contributed by atoms with Crippen LogP contribution >= 0.6 is 11.8 Å². The lowest BCUT2D eigenvalue weighted by atomic mass is 9.96. The summed E-state index contributed by atoms with van der Waals surface area (Å²) in [4.78, 5) is 22.9. The fraction of sp³-hybridized carbons (Fsp3) is 0.385. The van der Waals surface area contributed by atoms with E-state index in [0.717, 1.165) is 24.6 Å². The smallest absolute Gasteiger partial charge is 0.286 e. The number of amides is 2. The van der Waals surface area contributed by atoms with Crippen LogP contribution in [0.5, 0.6) is 0 Å². The number of rotatable bonds is 1. The number of fused-ring (bicyclic) bond motifs is 1. The second kappa shape index (κ2) is 3.88. The number of benzene rings is 1. The highest BCUT2D eigenvalue weighted by Crippen LogP contribution is 2.42. The van der Waals surface area contributed by atoms with Gasteiger partial charge in [-0.25, -0.2) is 0 Å². The first kappa shape index (κ1) is 10.8. The van der Waals surface area contributed by atoms with Gasteiger partial charge in [-0.15, -0.1) is 0 Å². The van der Waals surface area contributed by atoms with Crippen molar-refractivity contribution in [1.82, 2.24) is 5.32 Å². The van der Waals surface area contributed by atoms with Gasteiger partial charge in [0.1, 0.15) is 5.25 Å². The number of carbonyl (C=O) groups excluding carboxylic acids is 2. The summed E-state index contributed by atoms with van der Waals surface area (Å²) in [6.45, 7) is 2.08. The van der Waals surface area contributed by atoms with E-state index in [4.69, 9.17) is 0 Å². The van der Waals surface area contributed by atoms with Crippen molar-refractivity contribution < 1.29 is 9.59 Å². The molecule has 1 aliphatic carbocycles. The van der Waals surface area contributed by atoms with Crippen LogP contribution in [-0.2, 0) is 11.2 Å². The number of aryl methyl sites for hydroxylation is 2. The zero-order chi connectivity index (χ0) is 12.0. The van der Waals surface area contributed by atoms with Gasteiger partial charge in [-0.3, -0.25) is 14.9 Å². The number of imide groups is 1. The van der Waals surface area contributed by atoms with Gasteiger partial charge in [0.25, 0.3) is 5.24 Å². The molecular weight excluding hydrogens is 234 g/mol. The third kappa shape index (κ3) is 1.76.